The van der Waals surface area contributed by atoms with Gasteiger partial charge in [-0.3, -0.25) is 15.1 Å². The third-order valence-electron chi connectivity index (χ3n) is 2.69. The molecule has 5 heteroatoms. The first-order valence-corrected chi connectivity index (χ1v) is 5.11. The molecule has 2 heterocycles. The highest BCUT2D eigenvalue weighted by molar-refractivity contribution is 5.94. The second-order valence-corrected chi connectivity index (χ2v) is 3.71. The molecule has 0 saturated carbocycles. The largest absolute Gasteiger partial charge is 0.467 e. The van der Waals surface area contributed by atoms with E-state index in [1.807, 2.05) is 0 Å². The van der Waals surface area contributed by atoms with E-state index in [0.717, 1.165) is 13.1 Å². The Balaban J connectivity index is 2.07. The number of furan rings is 1. The van der Waals surface area contributed by atoms with Crippen molar-refractivity contribution in [1.82, 2.24) is 10.3 Å². The van der Waals surface area contributed by atoms with Crippen molar-refractivity contribution in [3.63, 3.8) is 0 Å². The predicted molar refractivity (Wildman–Crippen MR) is 54.9 cm³/mol. The molecule has 1 aromatic rings. The molecular formula is C10H15N3O2. The summed E-state index contributed by atoms with van der Waals surface area (Å²) in [6, 6.07) is 1.65. The second kappa shape index (κ2) is 4.46. The van der Waals surface area contributed by atoms with Gasteiger partial charge < -0.3 is 4.42 Å². The molecule has 1 aliphatic heterocycles. The zero-order valence-electron chi connectivity index (χ0n) is 8.53. The van der Waals surface area contributed by atoms with Gasteiger partial charge in [0.1, 0.15) is 5.76 Å². The fourth-order valence-corrected chi connectivity index (χ4v) is 1.89. The van der Waals surface area contributed by atoms with Crippen LogP contribution in [0, 0.1) is 0 Å². The summed E-state index contributed by atoms with van der Waals surface area (Å²) in [6.45, 7) is 2.84. The summed E-state index contributed by atoms with van der Waals surface area (Å²) in [7, 11) is 0. The van der Waals surface area contributed by atoms with E-state index in [-0.39, 0.29) is 5.91 Å². The van der Waals surface area contributed by atoms with E-state index >= 15 is 0 Å². The average molecular weight is 209 g/mol. The molecule has 1 fully saturated rings. The van der Waals surface area contributed by atoms with E-state index in [9.17, 15) is 4.79 Å². The Bertz CT molecular complexity index is 342. The number of carbonyl (C=O) groups is 1. The average Bonchev–Trinajstić information content (AvgIpc) is 2.88. The quantitative estimate of drug-likeness (QED) is 0.431. The first kappa shape index (κ1) is 10.2. The number of hydrazine groups is 1. The number of amides is 1. The van der Waals surface area contributed by atoms with E-state index in [1.165, 1.54) is 19.1 Å². The Morgan fingerprint density at radius 1 is 1.53 bits per heavy atom. The monoisotopic (exact) mass is 209 g/mol. The van der Waals surface area contributed by atoms with Gasteiger partial charge in [-0.1, -0.05) is 0 Å². The van der Waals surface area contributed by atoms with Gasteiger partial charge in [0.2, 0.25) is 0 Å². The molecular weight excluding hydrogens is 194 g/mol. The van der Waals surface area contributed by atoms with E-state index in [1.54, 1.807) is 6.07 Å². The summed E-state index contributed by atoms with van der Waals surface area (Å²) in [6.07, 6.45) is 3.97. The summed E-state index contributed by atoms with van der Waals surface area (Å²) in [4.78, 5) is 13.6. The molecule has 0 bridgehead atoms. The molecule has 82 valence electrons. The molecule has 0 aromatic carbocycles. The van der Waals surface area contributed by atoms with Crippen molar-refractivity contribution in [3.05, 3.63) is 23.7 Å². The summed E-state index contributed by atoms with van der Waals surface area (Å²) in [5.74, 6) is 5.49. The smallest absolute Gasteiger partial charge is 0.268 e. The van der Waals surface area contributed by atoms with Crippen LogP contribution in [0.1, 0.15) is 29.0 Å². The molecule has 1 saturated heterocycles. The highest BCUT2D eigenvalue weighted by Gasteiger charge is 2.18. The lowest BCUT2D eigenvalue weighted by atomic mass is 10.2. The fraction of sp³-hybridized carbons (Fsp3) is 0.500. The van der Waals surface area contributed by atoms with Gasteiger partial charge in [0, 0.05) is 0 Å². The third-order valence-corrected chi connectivity index (χ3v) is 2.69. The van der Waals surface area contributed by atoms with E-state index in [0.29, 0.717) is 17.9 Å². The Kier molecular flexibility index (Phi) is 3.03. The molecule has 3 N–H and O–H groups in total. The van der Waals surface area contributed by atoms with Gasteiger partial charge in [-0.2, -0.15) is 0 Å². The molecule has 5 nitrogen and oxygen atoms in total. The summed E-state index contributed by atoms with van der Waals surface area (Å²) in [5.41, 5.74) is 2.65. The minimum atomic E-state index is -0.294. The molecule has 0 spiro atoms. The van der Waals surface area contributed by atoms with Crippen LogP contribution in [0.15, 0.2) is 16.7 Å². The maximum atomic E-state index is 11.4. The highest BCUT2D eigenvalue weighted by Crippen LogP contribution is 2.16. The SMILES string of the molecule is NNC(=O)c1ccoc1CN1CCCC1. The van der Waals surface area contributed by atoms with Crippen molar-refractivity contribution in [1.29, 1.82) is 0 Å². The van der Waals surface area contributed by atoms with Crippen molar-refractivity contribution >= 4 is 5.91 Å². The topological polar surface area (TPSA) is 71.5 Å². The molecule has 1 aliphatic rings. The van der Waals surface area contributed by atoms with Gasteiger partial charge in [0.05, 0.1) is 18.4 Å². The molecule has 0 radical (unpaired) electrons. The van der Waals surface area contributed by atoms with Crippen molar-refractivity contribution in [3.8, 4) is 0 Å². The van der Waals surface area contributed by atoms with E-state index < -0.39 is 0 Å². The van der Waals surface area contributed by atoms with Crippen LogP contribution >= 0.6 is 0 Å². The minimum Gasteiger partial charge on any atom is -0.467 e. The number of rotatable bonds is 3. The fourth-order valence-electron chi connectivity index (χ4n) is 1.89. The number of nitrogens with one attached hydrogen (secondary N) is 1. The van der Waals surface area contributed by atoms with Crippen LogP contribution in [-0.4, -0.2) is 23.9 Å². The number of nitrogen functional groups attached to an aromatic ring is 1. The number of carbonyl (C=O) groups excluding carboxylic acids is 1. The maximum absolute atomic E-state index is 11.4. The van der Waals surface area contributed by atoms with Crippen LogP contribution in [-0.2, 0) is 6.54 Å². The summed E-state index contributed by atoms with van der Waals surface area (Å²) in [5, 5.41) is 0. The molecule has 15 heavy (non-hydrogen) atoms. The van der Waals surface area contributed by atoms with Crippen LogP contribution in [0.25, 0.3) is 0 Å². The number of hydrogen-bond acceptors (Lipinski definition) is 4. The number of nitrogens with zero attached hydrogens (tertiary/aromatic N) is 1. The highest BCUT2D eigenvalue weighted by atomic mass is 16.3. The van der Waals surface area contributed by atoms with Crippen molar-refractivity contribution < 1.29 is 9.21 Å². The van der Waals surface area contributed by atoms with Gasteiger partial charge >= 0.3 is 0 Å². The molecule has 1 aromatic heterocycles. The molecule has 2 rings (SSSR count). The lowest BCUT2D eigenvalue weighted by Gasteiger charge is -2.13. The number of hydrogen-bond donors (Lipinski definition) is 2. The van der Waals surface area contributed by atoms with Crippen molar-refractivity contribution in [2.24, 2.45) is 5.84 Å². The van der Waals surface area contributed by atoms with Crippen molar-refractivity contribution in [2.45, 2.75) is 19.4 Å². The lowest BCUT2D eigenvalue weighted by molar-refractivity contribution is 0.0950. The second-order valence-electron chi connectivity index (χ2n) is 3.71. The predicted octanol–water partition coefficient (Wildman–Crippen LogP) is 0.479. The molecule has 0 atom stereocenters. The van der Waals surface area contributed by atoms with E-state index in [2.05, 4.69) is 10.3 Å². The van der Waals surface area contributed by atoms with Crippen LogP contribution in [0.5, 0.6) is 0 Å². The third kappa shape index (κ3) is 2.19. The molecule has 0 unspecified atom stereocenters. The molecule has 1 amide bonds. The Morgan fingerprint density at radius 2 is 2.27 bits per heavy atom. The van der Waals surface area contributed by atoms with Gasteiger partial charge in [-0.25, -0.2) is 5.84 Å². The first-order chi connectivity index (χ1) is 7.31. The zero-order chi connectivity index (χ0) is 10.7. The Hall–Kier alpha value is -1.33. The van der Waals surface area contributed by atoms with Gasteiger partial charge in [-0.15, -0.1) is 0 Å². The number of likely N-dealkylation sites (tertiary alicyclic amines) is 1. The van der Waals surface area contributed by atoms with E-state index in [4.69, 9.17) is 10.3 Å². The first-order valence-electron chi connectivity index (χ1n) is 5.11. The van der Waals surface area contributed by atoms with Crippen LogP contribution in [0.4, 0.5) is 0 Å². The van der Waals surface area contributed by atoms with Crippen LogP contribution in [0.3, 0.4) is 0 Å². The zero-order valence-corrected chi connectivity index (χ0v) is 8.53. The standard InChI is InChI=1S/C10H15N3O2/c11-12-10(14)8-3-6-15-9(8)7-13-4-1-2-5-13/h3,6H,1-2,4-5,7,11H2,(H,12,14). The Labute approximate surface area is 88.2 Å². The maximum Gasteiger partial charge on any atom is 0.268 e. The van der Waals surface area contributed by atoms with Crippen LogP contribution in [0.2, 0.25) is 0 Å². The van der Waals surface area contributed by atoms with Gasteiger partial charge in [0.15, 0.2) is 0 Å². The van der Waals surface area contributed by atoms with Gasteiger partial charge in [0.25, 0.3) is 5.91 Å². The Morgan fingerprint density at radius 3 is 2.93 bits per heavy atom. The van der Waals surface area contributed by atoms with Crippen molar-refractivity contribution in [2.75, 3.05) is 13.1 Å². The summed E-state index contributed by atoms with van der Waals surface area (Å²) < 4.78 is 5.29. The lowest BCUT2D eigenvalue weighted by Crippen LogP contribution is -2.31. The normalized spacial score (nSPS) is 16.9. The van der Waals surface area contributed by atoms with Gasteiger partial charge in [-0.05, 0) is 32.0 Å². The minimum absolute atomic E-state index is 0.294. The summed E-state index contributed by atoms with van der Waals surface area (Å²) >= 11 is 0. The van der Waals surface area contributed by atoms with Crippen LogP contribution < -0.4 is 11.3 Å². The number of nitrogens with two attached hydrogens (primary N) is 1. The molecule has 0 aliphatic carbocycles.